The van der Waals surface area contributed by atoms with Crippen molar-refractivity contribution < 1.29 is 47.8 Å². The van der Waals surface area contributed by atoms with Crippen molar-refractivity contribution in [1.82, 2.24) is 5.32 Å². The predicted molar refractivity (Wildman–Crippen MR) is 203 cm³/mol. The lowest BCUT2D eigenvalue weighted by Gasteiger charge is -2.18. The number of hydrogen-bond acceptors (Lipinski definition) is 8. The number of carboxylic acid groups (broad SMARTS) is 1. The molecule has 0 aliphatic rings. The molecule has 0 radical (unpaired) electrons. The van der Waals surface area contributed by atoms with Crippen LogP contribution in [0.5, 0.6) is 0 Å². The van der Waals surface area contributed by atoms with Crippen LogP contribution in [0, 0.1) is 0 Å². The Hall–Kier alpha value is -2.30. The van der Waals surface area contributed by atoms with Crippen LogP contribution in [0.25, 0.3) is 0 Å². The molecule has 11 nitrogen and oxygen atoms in total. The summed E-state index contributed by atoms with van der Waals surface area (Å²) < 4.78 is 26.6. The molecular weight excluding hydrogens is 673 g/mol. The maximum Gasteiger partial charge on any atom is 0.472 e. The molecule has 0 aliphatic carbocycles. The summed E-state index contributed by atoms with van der Waals surface area (Å²) in [5, 5.41) is 21.7. The number of allylic oxidation sites excluding steroid dienone is 6. The van der Waals surface area contributed by atoms with Crippen LogP contribution in [0.1, 0.15) is 162 Å². The highest BCUT2D eigenvalue weighted by Crippen LogP contribution is 2.43. The van der Waals surface area contributed by atoms with E-state index in [2.05, 4.69) is 55.6 Å². The van der Waals surface area contributed by atoms with Crippen LogP contribution in [0.2, 0.25) is 0 Å². The molecule has 0 spiro atoms. The first-order chi connectivity index (χ1) is 24.6. The molecule has 3 atom stereocenters. The third-order valence-corrected chi connectivity index (χ3v) is 9.13. The Morgan fingerprint density at radius 3 is 1.65 bits per heavy atom. The number of hydrogen-bond donors (Lipinski definition) is 4. The number of aliphatic hydroxyl groups is 1. The van der Waals surface area contributed by atoms with Gasteiger partial charge >= 0.3 is 19.8 Å². The van der Waals surface area contributed by atoms with Gasteiger partial charge in [-0.15, -0.1) is 0 Å². The Bertz CT molecular complexity index is 1020. The molecule has 0 aliphatic heterocycles. The standard InChI is InChI=1S/C39H70NO10P/c1-3-5-7-9-11-12-13-14-15-16-17-18-19-20-21-22-23-24-25-26-28-30-37(42)40-36(39(44)45)34-50-51(46,47)49-33-35(41)32-48-38(43)31-29-27-10-8-6-4-2/h11-12,14-15,17-18,35-36,41H,3-10,13,16,19-34H2,1-2H3,(H,40,42)(H,44,45)(H,46,47)/b12-11-,15-14-,18-17-. The smallest absolute Gasteiger partial charge is 0.472 e. The summed E-state index contributed by atoms with van der Waals surface area (Å²) in [7, 11) is -4.74. The summed E-state index contributed by atoms with van der Waals surface area (Å²) in [5.41, 5.74) is 0. The van der Waals surface area contributed by atoms with E-state index in [1.54, 1.807) is 0 Å². The van der Waals surface area contributed by atoms with E-state index in [-0.39, 0.29) is 12.8 Å². The Labute approximate surface area is 308 Å². The van der Waals surface area contributed by atoms with Crippen molar-refractivity contribution in [2.45, 2.75) is 174 Å². The number of aliphatic carboxylic acids is 1. The summed E-state index contributed by atoms with van der Waals surface area (Å²) in [6.07, 6.45) is 34.9. The topological polar surface area (TPSA) is 169 Å². The van der Waals surface area contributed by atoms with Crippen molar-refractivity contribution in [2.24, 2.45) is 0 Å². The van der Waals surface area contributed by atoms with Gasteiger partial charge in [-0.1, -0.05) is 134 Å². The Morgan fingerprint density at radius 2 is 1.08 bits per heavy atom. The molecule has 1 amide bonds. The van der Waals surface area contributed by atoms with Crippen molar-refractivity contribution >= 4 is 25.7 Å². The zero-order valence-electron chi connectivity index (χ0n) is 31.7. The zero-order chi connectivity index (χ0) is 37.8. The van der Waals surface area contributed by atoms with Crippen molar-refractivity contribution in [3.05, 3.63) is 36.5 Å². The van der Waals surface area contributed by atoms with Gasteiger partial charge in [0.15, 0.2) is 6.04 Å². The van der Waals surface area contributed by atoms with Gasteiger partial charge in [0.25, 0.3) is 0 Å². The lowest BCUT2D eigenvalue weighted by molar-refractivity contribution is -0.147. The fourth-order valence-electron chi connectivity index (χ4n) is 5.08. The van der Waals surface area contributed by atoms with E-state index in [4.69, 9.17) is 13.8 Å². The number of aliphatic hydroxyl groups excluding tert-OH is 1. The SMILES string of the molecule is CCCCC/C=C\C/C=C\C/C=C\CCCCCCCCCCC(=O)NC(COP(=O)(O)OCC(O)COC(=O)CCCCCCCC)C(=O)O. The summed E-state index contributed by atoms with van der Waals surface area (Å²) in [5.74, 6) is -2.39. The van der Waals surface area contributed by atoms with Gasteiger partial charge in [-0.25, -0.2) is 9.36 Å². The van der Waals surface area contributed by atoms with Gasteiger partial charge in [0, 0.05) is 12.8 Å². The molecular formula is C39H70NO10P. The molecule has 51 heavy (non-hydrogen) atoms. The Kier molecular flexibility index (Phi) is 33.2. The van der Waals surface area contributed by atoms with Gasteiger partial charge in [-0.05, 0) is 51.4 Å². The quantitative estimate of drug-likeness (QED) is 0.0210. The molecule has 0 aromatic heterocycles. The number of ether oxygens (including phenoxy) is 1. The van der Waals surface area contributed by atoms with Crippen LogP contribution in [0.15, 0.2) is 36.5 Å². The molecule has 4 N–H and O–H groups in total. The molecule has 0 saturated heterocycles. The second kappa shape index (κ2) is 34.8. The van der Waals surface area contributed by atoms with E-state index >= 15 is 0 Å². The highest BCUT2D eigenvalue weighted by atomic mass is 31.2. The van der Waals surface area contributed by atoms with Crippen molar-refractivity contribution in [2.75, 3.05) is 19.8 Å². The number of phosphoric ester groups is 1. The largest absolute Gasteiger partial charge is 0.480 e. The summed E-state index contributed by atoms with van der Waals surface area (Å²) in [6.45, 7) is 2.46. The lowest BCUT2D eigenvalue weighted by Crippen LogP contribution is -2.43. The number of phosphoric acid groups is 1. The van der Waals surface area contributed by atoms with Gasteiger partial charge in [0.05, 0.1) is 13.2 Å². The first-order valence-corrected chi connectivity index (χ1v) is 21.0. The minimum atomic E-state index is -4.74. The van der Waals surface area contributed by atoms with E-state index in [9.17, 15) is 34.1 Å². The molecule has 296 valence electrons. The molecule has 12 heteroatoms. The molecule has 0 bridgehead atoms. The van der Waals surface area contributed by atoms with Crippen molar-refractivity contribution in [3.8, 4) is 0 Å². The average Bonchev–Trinajstić information content (AvgIpc) is 3.10. The molecule has 0 saturated carbocycles. The fourth-order valence-corrected chi connectivity index (χ4v) is 5.86. The number of carboxylic acids is 1. The molecule has 0 rings (SSSR count). The van der Waals surface area contributed by atoms with E-state index in [0.717, 1.165) is 77.0 Å². The van der Waals surface area contributed by atoms with Crippen molar-refractivity contribution in [3.63, 3.8) is 0 Å². The normalized spacial score (nSPS) is 14.3. The summed E-state index contributed by atoms with van der Waals surface area (Å²) in [6, 6.07) is -1.55. The lowest BCUT2D eigenvalue weighted by atomic mass is 10.1. The molecule has 0 fully saturated rings. The third kappa shape index (κ3) is 34.5. The van der Waals surface area contributed by atoms with Crippen LogP contribution < -0.4 is 5.32 Å². The van der Waals surface area contributed by atoms with E-state index in [1.165, 1.54) is 44.9 Å². The summed E-state index contributed by atoms with van der Waals surface area (Å²) >= 11 is 0. The first-order valence-electron chi connectivity index (χ1n) is 19.5. The number of carbonyl (C=O) groups excluding carboxylic acids is 2. The van der Waals surface area contributed by atoms with Gasteiger partial charge in [-0.3, -0.25) is 18.6 Å². The van der Waals surface area contributed by atoms with Crippen LogP contribution >= 0.6 is 7.82 Å². The van der Waals surface area contributed by atoms with Crippen LogP contribution in [-0.4, -0.2) is 64.9 Å². The maximum atomic E-state index is 12.3. The number of carbonyl (C=O) groups is 3. The van der Waals surface area contributed by atoms with Crippen LogP contribution in [0.3, 0.4) is 0 Å². The first kappa shape index (κ1) is 48.7. The number of unbranched alkanes of at least 4 members (excludes halogenated alkanes) is 16. The highest BCUT2D eigenvalue weighted by Gasteiger charge is 2.28. The van der Waals surface area contributed by atoms with Crippen molar-refractivity contribution in [1.29, 1.82) is 0 Å². The third-order valence-electron chi connectivity index (χ3n) is 8.18. The Morgan fingerprint density at radius 1 is 0.627 bits per heavy atom. The minimum absolute atomic E-state index is 0.137. The predicted octanol–water partition coefficient (Wildman–Crippen LogP) is 9.27. The maximum absolute atomic E-state index is 12.3. The number of rotatable bonds is 36. The van der Waals surface area contributed by atoms with Gasteiger partial charge < -0.3 is 25.2 Å². The zero-order valence-corrected chi connectivity index (χ0v) is 32.5. The monoisotopic (exact) mass is 743 g/mol. The highest BCUT2D eigenvalue weighted by molar-refractivity contribution is 7.47. The second-order valence-corrected chi connectivity index (χ2v) is 14.6. The van der Waals surface area contributed by atoms with Gasteiger partial charge in [0.2, 0.25) is 5.91 Å². The van der Waals surface area contributed by atoms with E-state index < -0.39 is 57.6 Å². The number of amides is 1. The average molecular weight is 744 g/mol. The van der Waals surface area contributed by atoms with E-state index in [1.807, 2.05) is 0 Å². The van der Waals surface area contributed by atoms with Crippen LogP contribution in [0.4, 0.5) is 0 Å². The summed E-state index contributed by atoms with van der Waals surface area (Å²) in [4.78, 5) is 45.5. The van der Waals surface area contributed by atoms with Gasteiger partial charge in [-0.2, -0.15) is 0 Å². The van der Waals surface area contributed by atoms with E-state index in [0.29, 0.717) is 12.8 Å². The molecule has 0 heterocycles. The van der Waals surface area contributed by atoms with Gasteiger partial charge in [0.1, 0.15) is 12.7 Å². The molecule has 0 aromatic carbocycles. The molecule has 0 aromatic rings. The Balaban J connectivity index is 3.93. The molecule has 3 unspecified atom stereocenters. The number of esters is 1. The second-order valence-electron chi connectivity index (χ2n) is 13.1. The van der Waals surface area contributed by atoms with Crippen LogP contribution in [-0.2, 0) is 32.7 Å². The number of nitrogens with one attached hydrogen (secondary N) is 1. The minimum Gasteiger partial charge on any atom is -0.480 e. The fraction of sp³-hybridized carbons (Fsp3) is 0.769.